The van der Waals surface area contributed by atoms with E-state index in [0.717, 1.165) is 51.4 Å². The van der Waals surface area contributed by atoms with Gasteiger partial charge in [-0.1, -0.05) is 45.6 Å². The lowest BCUT2D eigenvalue weighted by atomic mass is 9.83. The van der Waals surface area contributed by atoms with E-state index in [1.54, 1.807) is 0 Å². The Kier molecular flexibility index (Phi) is 10.8. The number of hydrogen-bond acceptors (Lipinski definition) is 6. The highest BCUT2D eigenvalue weighted by Gasteiger charge is 2.74. The van der Waals surface area contributed by atoms with Crippen LogP contribution in [0.5, 0.6) is 0 Å². The maximum absolute atomic E-state index is 14.2. The van der Waals surface area contributed by atoms with Crippen LogP contribution in [0.1, 0.15) is 78.1 Å². The van der Waals surface area contributed by atoms with Crippen LogP contribution in [0.4, 0.5) is 4.79 Å². The van der Waals surface area contributed by atoms with Crippen molar-refractivity contribution in [1.29, 1.82) is 0 Å². The quantitative estimate of drug-likeness (QED) is 0.172. The predicted molar refractivity (Wildman–Crippen MR) is 159 cm³/mol. The number of ether oxygens (including phenoxy) is 1. The molecule has 0 aromatic rings. The van der Waals surface area contributed by atoms with E-state index in [2.05, 4.69) is 29.5 Å². The van der Waals surface area contributed by atoms with Gasteiger partial charge in [-0.05, 0) is 50.4 Å². The van der Waals surface area contributed by atoms with Crippen molar-refractivity contribution in [2.45, 2.75) is 107 Å². The summed E-state index contributed by atoms with van der Waals surface area (Å²) < 4.78 is 4.54. The zero-order valence-corrected chi connectivity index (χ0v) is 26.1. The van der Waals surface area contributed by atoms with Crippen molar-refractivity contribution in [3.8, 4) is 0 Å². The fraction of sp³-hybridized carbons (Fsp3) is 0.767. The van der Waals surface area contributed by atoms with Crippen LogP contribution < -0.4 is 16.0 Å². The van der Waals surface area contributed by atoms with Crippen LogP contribution in [0.3, 0.4) is 0 Å². The molecule has 4 fully saturated rings. The fourth-order valence-corrected chi connectivity index (χ4v) is 7.80. The summed E-state index contributed by atoms with van der Waals surface area (Å²) in [5.41, 5.74) is 0. The second kappa shape index (κ2) is 14.0. The van der Waals surface area contributed by atoms with Gasteiger partial charge in [-0.25, -0.2) is 4.79 Å². The Morgan fingerprint density at radius 2 is 1.76 bits per heavy atom. The van der Waals surface area contributed by atoms with E-state index in [4.69, 9.17) is 27.9 Å². The molecule has 3 aliphatic carbocycles. The number of carbonyl (C=O) groups excluding carboxylic acids is 5. The number of piperidine rings is 1. The Labute approximate surface area is 258 Å². The molecular weight excluding hydrogens is 583 g/mol. The molecule has 234 valence electrons. The summed E-state index contributed by atoms with van der Waals surface area (Å²) in [5, 5.41) is 8.03. The third-order valence-corrected chi connectivity index (χ3v) is 10.5. The van der Waals surface area contributed by atoms with Gasteiger partial charge in [-0.2, -0.15) is 0 Å². The minimum absolute atomic E-state index is 0.0971. The molecule has 3 N–H and O–H groups in total. The third-order valence-electron chi connectivity index (χ3n) is 9.43. The highest BCUT2D eigenvalue weighted by atomic mass is 35.5. The summed E-state index contributed by atoms with van der Waals surface area (Å²) in [6.45, 7) is 7.69. The molecule has 1 saturated heterocycles. The Morgan fingerprint density at radius 3 is 2.38 bits per heavy atom. The van der Waals surface area contributed by atoms with Gasteiger partial charge in [0.15, 0.2) is 0 Å². The number of Topliss-reactive ketones (excluding diaryl/α,β-unsaturated/α-hetero) is 1. The molecule has 42 heavy (non-hydrogen) atoms. The zero-order valence-electron chi connectivity index (χ0n) is 24.5. The van der Waals surface area contributed by atoms with Gasteiger partial charge in [0.05, 0.1) is 6.04 Å². The number of amides is 4. The average molecular weight is 628 g/mol. The van der Waals surface area contributed by atoms with Crippen LogP contribution in [0.2, 0.25) is 0 Å². The average Bonchev–Trinajstić information content (AvgIpc) is 3.30. The molecule has 0 aromatic heterocycles. The van der Waals surface area contributed by atoms with Crippen molar-refractivity contribution in [1.82, 2.24) is 20.9 Å². The summed E-state index contributed by atoms with van der Waals surface area (Å²) in [6.07, 6.45) is 8.71. The number of hydrogen-bond donors (Lipinski definition) is 3. The van der Waals surface area contributed by atoms with Crippen LogP contribution in [0.15, 0.2) is 12.7 Å². The molecule has 4 aliphatic rings. The van der Waals surface area contributed by atoms with Gasteiger partial charge in [-0.3, -0.25) is 19.2 Å². The molecule has 0 radical (unpaired) electrons. The third kappa shape index (κ3) is 7.07. The molecular formula is C30H44Cl2N4O6. The first kappa shape index (κ1) is 32.6. The Balaban J connectivity index is 1.52. The van der Waals surface area contributed by atoms with E-state index >= 15 is 0 Å². The number of nitrogens with one attached hydrogen (secondary N) is 3. The lowest BCUT2D eigenvalue weighted by Crippen LogP contribution is -2.60. The van der Waals surface area contributed by atoms with Crippen LogP contribution in [-0.4, -0.2) is 76.2 Å². The molecule has 0 aromatic carbocycles. The van der Waals surface area contributed by atoms with Crippen LogP contribution in [0, 0.1) is 23.7 Å². The van der Waals surface area contributed by atoms with E-state index in [1.165, 1.54) is 11.0 Å². The number of ketones is 1. The van der Waals surface area contributed by atoms with Crippen molar-refractivity contribution in [2.75, 3.05) is 13.1 Å². The minimum Gasteiger partial charge on any atom is -0.446 e. The fourth-order valence-electron chi connectivity index (χ4n) is 6.97. The molecule has 2 unspecified atom stereocenters. The van der Waals surface area contributed by atoms with Crippen LogP contribution in [-0.2, 0) is 23.9 Å². The van der Waals surface area contributed by atoms with Gasteiger partial charge in [0.25, 0.3) is 5.91 Å². The molecule has 4 rings (SSSR count). The lowest BCUT2D eigenvalue weighted by Gasteiger charge is -2.36. The van der Waals surface area contributed by atoms with Gasteiger partial charge in [0.2, 0.25) is 17.6 Å². The monoisotopic (exact) mass is 626 g/mol. The number of alkyl carbamates (subject to hydrolysis) is 1. The van der Waals surface area contributed by atoms with Crippen molar-refractivity contribution in [3.63, 3.8) is 0 Å². The first-order chi connectivity index (χ1) is 20.0. The number of rotatable bonds is 12. The maximum atomic E-state index is 14.2. The van der Waals surface area contributed by atoms with E-state index in [0.29, 0.717) is 6.42 Å². The molecule has 0 spiro atoms. The van der Waals surface area contributed by atoms with Gasteiger partial charge >= 0.3 is 6.09 Å². The van der Waals surface area contributed by atoms with E-state index < -0.39 is 52.1 Å². The van der Waals surface area contributed by atoms with Gasteiger partial charge in [0.1, 0.15) is 22.5 Å². The van der Waals surface area contributed by atoms with E-state index in [-0.39, 0.29) is 49.3 Å². The number of halogens is 2. The van der Waals surface area contributed by atoms with E-state index in [9.17, 15) is 24.0 Å². The highest BCUT2D eigenvalue weighted by molar-refractivity contribution is 6.51. The number of likely N-dealkylation sites (tertiary alicyclic amines) is 1. The normalized spacial score (nSPS) is 29.5. The smallest absolute Gasteiger partial charge is 0.408 e. The number of fused-ring (bicyclic) bond motifs is 1. The molecule has 7 atom stereocenters. The predicted octanol–water partition coefficient (Wildman–Crippen LogP) is 3.64. The van der Waals surface area contributed by atoms with E-state index in [1.807, 2.05) is 6.92 Å². The van der Waals surface area contributed by atoms with Crippen molar-refractivity contribution >= 4 is 52.8 Å². The SMILES string of the molecule is C=CCNC(=O)C(=O)[C@H](CCC)NC(=O)[C@@H]1[C@@H]2[C@H](CN1C(=O)[C@@H](NC(=O)OC1CCCC1C)C1CCCCC1)C2(Cl)Cl. The Bertz CT molecular complexity index is 1060. The van der Waals surface area contributed by atoms with Crippen LogP contribution in [0.25, 0.3) is 0 Å². The lowest BCUT2D eigenvalue weighted by molar-refractivity contribution is -0.144. The van der Waals surface area contributed by atoms with Gasteiger partial charge in [-0.15, -0.1) is 29.8 Å². The highest BCUT2D eigenvalue weighted by Crippen LogP contribution is 2.65. The van der Waals surface area contributed by atoms with Gasteiger partial charge in [0, 0.05) is 24.9 Å². The molecule has 1 aliphatic heterocycles. The number of carbonyl (C=O) groups is 5. The van der Waals surface area contributed by atoms with Crippen LogP contribution >= 0.6 is 23.2 Å². The summed E-state index contributed by atoms with van der Waals surface area (Å²) >= 11 is 13.0. The second-order valence-electron chi connectivity index (χ2n) is 12.3. The first-order valence-electron chi connectivity index (χ1n) is 15.4. The largest absolute Gasteiger partial charge is 0.446 e. The standard InChI is InChI=1S/C30H44Cl2N4O6/c1-4-10-20(25(37)27(39)33-15-5-2)34-26(38)24-22-19(30(22,31)32)16-36(24)28(40)23(18-12-7-6-8-13-18)35-29(41)42-21-14-9-11-17(21)3/h5,17-24H,2,4,6-16H2,1,3H3,(H,33,39)(H,34,38)(H,35,41)/t17?,19-,20-,21?,22-,23-,24-/m0/s1. The first-order valence-corrected chi connectivity index (χ1v) is 16.2. The minimum atomic E-state index is -1.18. The number of nitrogens with zero attached hydrogens (tertiary/aromatic N) is 1. The van der Waals surface area contributed by atoms with Crippen molar-refractivity contribution < 1.29 is 28.7 Å². The molecule has 10 nitrogen and oxygen atoms in total. The number of alkyl halides is 2. The van der Waals surface area contributed by atoms with Crippen molar-refractivity contribution in [2.24, 2.45) is 23.7 Å². The topological polar surface area (TPSA) is 134 Å². The molecule has 1 heterocycles. The summed E-state index contributed by atoms with van der Waals surface area (Å²) in [6, 6.07) is -2.97. The molecule has 4 amide bonds. The second-order valence-corrected chi connectivity index (χ2v) is 13.8. The molecule has 3 saturated carbocycles. The molecule has 12 heteroatoms. The Morgan fingerprint density at radius 1 is 1.05 bits per heavy atom. The van der Waals surface area contributed by atoms with Crippen molar-refractivity contribution in [3.05, 3.63) is 12.7 Å². The molecule has 0 bridgehead atoms. The summed E-state index contributed by atoms with van der Waals surface area (Å²) in [4.78, 5) is 67.7. The zero-order chi connectivity index (χ0) is 30.6. The summed E-state index contributed by atoms with van der Waals surface area (Å²) in [5.74, 6) is -3.26. The maximum Gasteiger partial charge on any atom is 0.408 e. The Hall–Kier alpha value is -2.33. The summed E-state index contributed by atoms with van der Waals surface area (Å²) in [7, 11) is 0. The van der Waals surface area contributed by atoms with Gasteiger partial charge < -0.3 is 25.6 Å².